The van der Waals surface area contributed by atoms with Crippen LogP contribution in [0.3, 0.4) is 0 Å². The molecule has 0 bridgehead atoms. The third-order valence-corrected chi connectivity index (χ3v) is 2.71. The molecule has 0 amide bonds. The van der Waals surface area contributed by atoms with E-state index in [2.05, 4.69) is 26.1 Å². The van der Waals surface area contributed by atoms with Crippen molar-refractivity contribution in [1.82, 2.24) is 5.32 Å². The van der Waals surface area contributed by atoms with Crippen LogP contribution in [0, 0.1) is 0 Å². The molecule has 0 radical (unpaired) electrons. The molecule has 0 spiro atoms. The average molecular weight is 280 g/mol. The van der Waals surface area contributed by atoms with Gasteiger partial charge < -0.3 is 14.8 Å². The molecule has 1 N–H and O–H groups in total. The Labute approximate surface area is 118 Å². The highest BCUT2D eigenvalue weighted by atomic mass is 35.5. The van der Waals surface area contributed by atoms with Crippen molar-refractivity contribution in [1.29, 1.82) is 0 Å². The van der Waals surface area contributed by atoms with Crippen molar-refractivity contribution in [3.63, 3.8) is 0 Å². The van der Waals surface area contributed by atoms with Crippen molar-refractivity contribution in [2.24, 2.45) is 0 Å². The van der Waals surface area contributed by atoms with Gasteiger partial charge in [-0.1, -0.05) is 12.8 Å². The molecule has 0 heterocycles. The molecule has 0 aliphatic carbocycles. The second-order valence-electron chi connectivity index (χ2n) is 5.50. The summed E-state index contributed by atoms with van der Waals surface area (Å²) < 4.78 is 11.0. The molecule has 0 saturated heterocycles. The minimum absolute atomic E-state index is 0.170. The van der Waals surface area contributed by atoms with Crippen molar-refractivity contribution in [3.05, 3.63) is 0 Å². The van der Waals surface area contributed by atoms with E-state index in [1.165, 1.54) is 12.8 Å². The molecule has 0 fully saturated rings. The van der Waals surface area contributed by atoms with Gasteiger partial charge in [0.15, 0.2) is 0 Å². The van der Waals surface area contributed by atoms with Crippen LogP contribution in [-0.4, -0.2) is 44.4 Å². The first-order chi connectivity index (χ1) is 8.56. The predicted molar refractivity (Wildman–Crippen MR) is 78.6 cm³/mol. The highest BCUT2D eigenvalue weighted by Crippen LogP contribution is 2.01. The maximum absolute atomic E-state index is 5.60. The molecule has 110 valence electrons. The molecule has 0 aromatic rings. The fourth-order valence-corrected chi connectivity index (χ4v) is 1.66. The van der Waals surface area contributed by atoms with E-state index in [4.69, 9.17) is 21.1 Å². The summed E-state index contributed by atoms with van der Waals surface area (Å²) in [5.41, 5.74) is 0.170. The lowest BCUT2D eigenvalue weighted by molar-refractivity contribution is 0.0460. The second kappa shape index (κ2) is 12.2. The zero-order valence-electron chi connectivity index (χ0n) is 12.3. The minimum atomic E-state index is 0.170. The van der Waals surface area contributed by atoms with Crippen LogP contribution in [-0.2, 0) is 9.47 Å². The quantitative estimate of drug-likeness (QED) is 0.440. The number of hydrogen-bond donors (Lipinski definition) is 1. The minimum Gasteiger partial charge on any atom is -0.379 e. The van der Waals surface area contributed by atoms with Crippen LogP contribution in [0.15, 0.2) is 0 Å². The van der Waals surface area contributed by atoms with Gasteiger partial charge in [-0.2, -0.15) is 0 Å². The van der Waals surface area contributed by atoms with Gasteiger partial charge in [0.2, 0.25) is 0 Å². The Balaban J connectivity index is 2.99. The van der Waals surface area contributed by atoms with Gasteiger partial charge in [0.25, 0.3) is 0 Å². The molecule has 4 heteroatoms. The first-order valence-corrected chi connectivity index (χ1v) is 7.56. The number of ether oxygens (including phenoxy) is 2. The van der Waals surface area contributed by atoms with E-state index in [1.54, 1.807) is 0 Å². The van der Waals surface area contributed by atoms with Crippen molar-refractivity contribution >= 4 is 11.6 Å². The number of rotatable bonds is 12. The van der Waals surface area contributed by atoms with Gasteiger partial charge in [-0.15, -0.1) is 11.6 Å². The van der Waals surface area contributed by atoms with E-state index in [9.17, 15) is 0 Å². The van der Waals surface area contributed by atoms with E-state index < -0.39 is 0 Å². The summed E-state index contributed by atoms with van der Waals surface area (Å²) in [7, 11) is 0. The maximum atomic E-state index is 5.60. The van der Waals surface area contributed by atoms with E-state index in [1.807, 2.05) is 0 Å². The van der Waals surface area contributed by atoms with Crippen LogP contribution in [0.5, 0.6) is 0 Å². The van der Waals surface area contributed by atoms with Crippen LogP contribution >= 0.6 is 11.6 Å². The van der Waals surface area contributed by atoms with Crippen molar-refractivity contribution in [2.75, 3.05) is 38.9 Å². The summed E-state index contributed by atoms with van der Waals surface area (Å²) in [6.07, 6.45) is 4.67. The Bertz CT molecular complexity index is 172. The zero-order valence-corrected chi connectivity index (χ0v) is 13.0. The molecule has 0 aromatic carbocycles. The van der Waals surface area contributed by atoms with Gasteiger partial charge in [0.1, 0.15) is 0 Å². The third-order valence-electron chi connectivity index (χ3n) is 2.45. The van der Waals surface area contributed by atoms with Gasteiger partial charge in [0, 0.05) is 24.6 Å². The summed E-state index contributed by atoms with van der Waals surface area (Å²) in [6, 6.07) is 0. The smallest absolute Gasteiger partial charge is 0.0701 e. The Morgan fingerprint density at radius 3 is 2.06 bits per heavy atom. The number of alkyl halides is 1. The largest absolute Gasteiger partial charge is 0.379 e. The SMILES string of the molecule is CC(C)(C)NCCOCCOCCCCCCCl. The van der Waals surface area contributed by atoms with Crippen LogP contribution in [0.1, 0.15) is 46.5 Å². The van der Waals surface area contributed by atoms with Crippen LogP contribution in [0.2, 0.25) is 0 Å². The monoisotopic (exact) mass is 279 g/mol. The van der Waals surface area contributed by atoms with Gasteiger partial charge >= 0.3 is 0 Å². The van der Waals surface area contributed by atoms with E-state index >= 15 is 0 Å². The molecule has 0 aliphatic rings. The molecule has 0 atom stereocenters. The summed E-state index contributed by atoms with van der Waals surface area (Å²) in [5, 5.41) is 3.38. The van der Waals surface area contributed by atoms with Gasteiger partial charge in [0.05, 0.1) is 19.8 Å². The highest BCUT2D eigenvalue weighted by molar-refractivity contribution is 6.17. The Kier molecular flexibility index (Phi) is 12.3. The number of hydrogen-bond acceptors (Lipinski definition) is 3. The normalized spacial score (nSPS) is 12.0. The maximum Gasteiger partial charge on any atom is 0.0701 e. The van der Waals surface area contributed by atoms with Gasteiger partial charge in [-0.25, -0.2) is 0 Å². The molecular formula is C14H30ClNO2. The number of unbranched alkanes of at least 4 members (excludes halogenated alkanes) is 3. The molecule has 18 heavy (non-hydrogen) atoms. The molecule has 0 rings (SSSR count). The van der Waals surface area contributed by atoms with Gasteiger partial charge in [-0.05, 0) is 33.6 Å². The second-order valence-corrected chi connectivity index (χ2v) is 5.88. The van der Waals surface area contributed by atoms with E-state index in [0.717, 1.165) is 38.5 Å². The Morgan fingerprint density at radius 1 is 0.833 bits per heavy atom. The van der Waals surface area contributed by atoms with Crippen LogP contribution < -0.4 is 5.32 Å². The first-order valence-electron chi connectivity index (χ1n) is 7.03. The zero-order chi connectivity index (χ0) is 13.7. The fourth-order valence-electron chi connectivity index (χ4n) is 1.47. The number of nitrogens with one attached hydrogen (secondary N) is 1. The molecule has 0 aliphatic heterocycles. The topological polar surface area (TPSA) is 30.5 Å². The van der Waals surface area contributed by atoms with Crippen molar-refractivity contribution in [2.45, 2.75) is 52.0 Å². The summed E-state index contributed by atoms with van der Waals surface area (Å²) in [6.45, 7) is 10.3. The average Bonchev–Trinajstić information content (AvgIpc) is 2.29. The lowest BCUT2D eigenvalue weighted by Crippen LogP contribution is -2.38. The molecule has 0 unspecified atom stereocenters. The number of halogens is 1. The van der Waals surface area contributed by atoms with Gasteiger partial charge in [-0.3, -0.25) is 0 Å². The third kappa shape index (κ3) is 16.2. The van der Waals surface area contributed by atoms with E-state index in [0.29, 0.717) is 13.2 Å². The standard InChI is InChI=1S/C14H30ClNO2/c1-14(2,3)16-9-11-18-13-12-17-10-7-5-4-6-8-15/h16H,4-13H2,1-3H3. The molecule has 3 nitrogen and oxygen atoms in total. The lowest BCUT2D eigenvalue weighted by Gasteiger charge is -2.20. The summed E-state index contributed by atoms with van der Waals surface area (Å²) >= 11 is 5.60. The fraction of sp³-hybridized carbons (Fsp3) is 1.00. The molecule has 0 saturated carbocycles. The van der Waals surface area contributed by atoms with Crippen molar-refractivity contribution < 1.29 is 9.47 Å². The Hall–Kier alpha value is 0.170. The molecule has 0 aromatic heterocycles. The summed E-state index contributed by atoms with van der Waals surface area (Å²) in [4.78, 5) is 0. The first kappa shape index (κ1) is 18.2. The molecular weight excluding hydrogens is 250 g/mol. The predicted octanol–water partition coefficient (Wildman–Crippen LogP) is 3.21. The highest BCUT2D eigenvalue weighted by Gasteiger charge is 2.06. The van der Waals surface area contributed by atoms with Crippen LogP contribution in [0.4, 0.5) is 0 Å². The van der Waals surface area contributed by atoms with E-state index in [-0.39, 0.29) is 5.54 Å². The lowest BCUT2D eigenvalue weighted by atomic mass is 10.1. The van der Waals surface area contributed by atoms with Crippen molar-refractivity contribution in [3.8, 4) is 0 Å². The summed E-state index contributed by atoms with van der Waals surface area (Å²) in [5.74, 6) is 0.775. The van der Waals surface area contributed by atoms with Crippen LogP contribution in [0.25, 0.3) is 0 Å². The Morgan fingerprint density at radius 2 is 1.44 bits per heavy atom.